The van der Waals surface area contributed by atoms with Gasteiger partial charge in [0.05, 0.1) is 11.1 Å². The molecular weight excluding hydrogens is 256 g/mol. The highest BCUT2D eigenvalue weighted by Crippen LogP contribution is 2.42. The third-order valence-electron chi connectivity index (χ3n) is 4.63. The second-order valence-corrected chi connectivity index (χ2v) is 7.71. The Kier molecular flexibility index (Phi) is 3.80. The maximum atomic E-state index is 11.9. The summed E-state index contributed by atoms with van der Waals surface area (Å²) in [6.45, 7) is 8.50. The zero-order valence-electron chi connectivity index (χ0n) is 13.1. The summed E-state index contributed by atoms with van der Waals surface area (Å²) >= 11 is 0. The standard InChI is InChI=1S/C15H28N2O3/c1-11-5-7-15(19,8-6-11)14(16)9-17(10-14)12(18)20-13(2,3)4/h11,19H,5-10,16H2,1-4H3. The molecule has 20 heavy (non-hydrogen) atoms. The highest BCUT2D eigenvalue weighted by molar-refractivity contribution is 5.70. The number of likely N-dealkylation sites (tertiary alicyclic amines) is 1. The summed E-state index contributed by atoms with van der Waals surface area (Å²) in [5.74, 6) is 0.654. The van der Waals surface area contributed by atoms with Crippen LogP contribution in [0, 0.1) is 5.92 Å². The van der Waals surface area contributed by atoms with Gasteiger partial charge in [-0.15, -0.1) is 0 Å². The van der Waals surface area contributed by atoms with Gasteiger partial charge in [-0.1, -0.05) is 6.92 Å². The van der Waals surface area contributed by atoms with Crippen molar-refractivity contribution in [1.29, 1.82) is 0 Å². The Bertz CT molecular complexity index is 375. The monoisotopic (exact) mass is 284 g/mol. The van der Waals surface area contributed by atoms with Crippen LogP contribution < -0.4 is 5.73 Å². The maximum absolute atomic E-state index is 11.9. The molecule has 0 aromatic carbocycles. The number of amides is 1. The van der Waals surface area contributed by atoms with Gasteiger partial charge in [0.1, 0.15) is 5.60 Å². The van der Waals surface area contributed by atoms with E-state index in [0.29, 0.717) is 19.0 Å². The zero-order chi connectivity index (χ0) is 15.2. The van der Waals surface area contributed by atoms with Crippen molar-refractivity contribution >= 4 is 6.09 Å². The molecule has 1 heterocycles. The van der Waals surface area contributed by atoms with Crippen molar-refractivity contribution in [3.63, 3.8) is 0 Å². The van der Waals surface area contributed by atoms with Crippen LogP contribution in [0.1, 0.15) is 53.4 Å². The molecule has 0 radical (unpaired) electrons. The predicted molar refractivity (Wildman–Crippen MR) is 77.3 cm³/mol. The molecule has 5 nitrogen and oxygen atoms in total. The highest BCUT2D eigenvalue weighted by Gasteiger charge is 2.57. The average molecular weight is 284 g/mol. The summed E-state index contributed by atoms with van der Waals surface area (Å²) in [7, 11) is 0. The molecule has 0 atom stereocenters. The van der Waals surface area contributed by atoms with E-state index in [1.54, 1.807) is 4.90 Å². The molecule has 1 aliphatic carbocycles. The number of carbonyl (C=O) groups is 1. The number of rotatable bonds is 1. The molecule has 0 bridgehead atoms. The summed E-state index contributed by atoms with van der Waals surface area (Å²) < 4.78 is 5.32. The third-order valence-corrected chi connectivity index (χ3v) is 4.63. The lowest BCUT2D eigenvalue weighted by atomic mass is 9.65. The minimum atomic E-state index is -0.835. The second kappa shape index (κ2) is 4.88. The molecule has 1 saturated heterocycles. The smallest absolute Gasteiger partial charge is 0.410 e. The van der Waals surface area contributed by atoms with Crippen LogP contribution >= 0.6 is 0 Å². The Balaban J connectivity index is 1.92. The molecular formula is C15H28N2O3. The van der Waals surface area contributed by atoms with Gasteiger partial charge < -0.3 is 20.5 Å². The second-order valence-electron chi connectivity index (χ2n) is 7.71. The fraction of sp³-hybridized carbons (Fsp3) is 0.933. The quantitative estimate of drug-likeness (QED) is 0.771. The Hall–Kier alpha value is -0.810. The van der Waals surface area contributed by atoms with Crippen molar-refractivity contribution in [1.82, 2.24) is 4.90 Å². The normalized spacial score (nSPS) is 33.5. The van der Waals surface area contributed by atoms with E-state index in [-0.39, 0.29) is 6.09 Å². The first kappa shape index (κ1) is 15.6. The molecule has 1 saturated carbocycles. The summed E-state index contributed by atoms with van der Waals surface area (Å²) in [4.78, 5) is 13.5. The fourth-order valence-corrected chi connectivity index (χ4v) is 3.12. The molecule has 0 aromatic heterocycles. The Labute approximate surface area is 121 Å². The lowest BCUT2D eigenvalue weighted by Crippen LogP contribution is -2.79. The van der Waals surface area contributed by atoms with Crippen LogP contribution in [0.15, 0.2) is 0 Å². The Morgan fingerprint density at radius 3 is 2.25 bits per heavy atom. The van der Waals surface area contributed by atoms with E-state index in [2.05, 4.69) is 6.92 Å². The van der Waals surface area contributed by atoms with Crippen molar-refractivity contribution in [2.75, 3.05) is 13.1 Å². The number of hydrogen-bond acceptors (Lipinski definition) is 4. The van der Waals surface area contributed by atoms with Gasteiger partial charge in [0, 0.05) is 13.1 Å². The summed E-state index contributed by atoms with van der Waals surface area (Å²) in [6, 6.07) is 0. The lowest BCUT2D eigenvalue weighted by molar-refractivity contribution is -0.126. The number of nitrogens with zero attached hydrogens (tertiary/aromatic N) is 1. The van der Waals surface area contributed by atoms with E-state index in [4.69, 9.17) is 10.5 Å². The van der Waals surface area contributed by atoms with E-state index >= 15 is 0 Å². The first-order valence-corrected chi connectivity index (χ1v) is 7.54. The molecule has 1 amide bonds. The van der Waals surface area contributed by atoms with Gasteiger partial charge in [0.2, 0.25) is 0 Å². The average Bonchev–Trinajstić information content (AvgIpc) is 2.26. The molecule has 2 fully saturated rings. The molecule has 2 rings (SSSR count). The van der Waals surface area contributed by atoms with Gasteiger partial charge >= 0.3 is 6.09 Å². The van der Waals surface area contributed by atoms with E-state index in [1.165, 1.54) is 0 Å². The molecule has 0 unspecified atom stereocenters. The summed E-state index contributed by atoms with van der Waals surface area (Å²) in [5, 5.41) is 10.8. The summed E-state index contributed by atoms with van der Waals surface area (Å²) in [5.41, 5.74) is 4.34. The maximum Gasteiger partial charge on any atom is 0.410 e. The number of aliphatic hydroxyl groups is 1. The van der Waals surface area contributed by atoms with Gasteiger partial charge in [0.15, 0.2) is 0 Å². The van der Waals surface area contributed by atoms with Crippen molar-refractivity contribution in [3.05, 3.63) is 0 Å². The molecule has 5 heteroatoms. The Morgan fingerprint density at radius 2 is 1.80 bits per heavy atom. The molecule has 2 aliphatic rings. The van der Waals surface area contributed by atoms with Crippen LogP contribution in [0.3, 0.4) is 0 Å². The van der Waals surface area contributed by atoms with E-state index in [0.717, 1.165) is 25.7 Å². The van der Waals surface area contributed by atoms with Crippen LogP contribution in [-0.2, 0) is 4.74 Å². The molecule has 3 N–H and O–H groups in total. The van der Waals surface area contributed by atoms with Gasteiger partial charge in [-0.3, -0.25) is 0 Å². The largest absolute Gasteiger partial charge is 0.444 e. The van der Waals surface area contributed by atoms with E-state index in [9.17, 15) is 9.90 Å². The van der Waals surface area contributed by atoms with Crippen LogP contribution in [0.2, 0.25) is 0 Å². The van der Waals surface area contributed by atoms with Crippen molar-refractivity contribution in [2.24, 2.45) is 11.7 Å². The van der Waals surface area contributed by atoms with Crippen LogP contribution in [0.25, 0.3) is 0 Å². The lowest BCUT2D eigenvalue weighted by Gasteiger charge is -2.57. The first-order valence-electron chi connectivity index (χ1n) is 7.54. The highest BCUT2D eigenvalue weighted by atomic mass is 16.6. The third kappa shape index (κ3) is 2.93. The van der Waals surface area contributed by atoms with E-state index in [1.807, 2.05) is 20.8 Å². The number of ether oxygens (including phenoxy) is 1. The Morgan fingerprint density at radius 1 is 1.30 bits per heavy atom. The molecule has 0 spiro atoms. The molecule has 0 aromatic rings. The van der Waals surface area contributed by atoms with Crippen molar-refractivity contribution in [3.8, 4) is 0 Å². The predicted octanol–water partition coefficient (Wildman–Crippen LogP) is 1.88. The van der Waals surface area contributed by atoms with Gasteiger partial charge in [-0.2, -0.15) is 0 Å². The summed E-state index contributed by atoms with van der Waals surface area (Å²) in [6.07, 6.45) is 3.12. The van der Waals surface area contributed by atoms with Crippen LogP contribution in [0.4, 0.5) is 4.79 Å². The molecule has 1 aliphatic heterocycles. The van der Waals surface area contributed by atoms with Gasteiger partial charge in [0.25, 0.3) is 0 Å². The van der Waals surface area contributed by atoms with Gasteiger partial charge in [-0.05, 0) is 52.4 Å². The van der Waals surface area contributed by atoms with Crippen LogP contribution in [-0.4, -0.2) is 45.9 Å². The van der Waals surface area contributed by atoms with Crippen LogP contribution in [0.5, 0.6) is 0 Å². The fourth-order valence-electron chi connectivity index (χ4n) is 3.12. The van der Waals surface area contributed by atoms with E-state index < -0.39 is 16.7 Å². The minimum Gasteiger partial charge on any atom is -0.444 e. The topological polar surface area (TPSA) is 75.8 Å². The SMILES string of the molecule is CC1CCC(O)(C2(N)CN(C(=O)OC(C)(C)C)C2)CC1. The zero-order valence-corrected chi connectivity index (χ0v) is 13.1. The first-order chi connectivity index (χ1) is 9.05. The minimum absolute atomic E-state index is 0.341. The van der Waals surface area contributed by atoms with Gasteiger partial charge in [-0.25, -0.2) is 4.79 Å². The van der Waals surface area contributed by atoms with Crippen molar-refractivity contribution < 1.29 is 14.6 Å². The molecule has 116 valence electrons. The van der Waals surface area contributed by atoms with Crippen molar-refractivity contribution in [2.45, 2.75) is 70.1 Å². The number of carbonyl (C=O) groups excluding carboxylic acids is 1. The number of hydrogen-bond donors (Lipinski definition) is 2. The number of nitrogens with two attached hydrogens (primary N) is 1.